The van der Waals surface area contributed by atoms with E-state index in [0.29, 0.717) is 11.5 Å². The van der Waals surface area contributed by atoms with E-state index in [2.05, 4.69) is 66.4 Å². The summed E-state index contributed by atoms with van der Waals surface area (Å²) in [5.74, 6) is 5.95. The van der Waals surface area contributed by atoms with Gasteiger partial charge < -0.3 is 33.2 Å². The lowest BCUT2D eigenvalue weighted by molar-refractivity contribution is 0.171. The number of methoxy groups -OCH3 is 4. The van der Waals surface area contributed by atoms with Crippen LogP contribution in [0.1, 0.15) is 45.5 Å². The summed E-state index contributed by atoms with van der Waals surface area (Å²) in [5.41, 5.74) is 7.39. The van der Waals surface area contributed by atoms with Gasteiger partial charge in [0.25, 0.3) is 0 Å². The molecule has 4 aromatic carbocycles. The molecule has 252 valence electrons. The Hall–Kier alpha value is -4.60. The highest BCUT2D eigenvalue weighted by molar-refractivity contribution is 5.61. The molecule has 3 aliphatic rings. The van der Waals surface area contributed by atoms with Crippen molar-refractivity contribution in [2.75, 3.05) is 62.4 Å². The van der Waals surface area contributed by atoms with E-state index in [4.69, 9.17) is 33.2 Å². The van der Waals surface area contributed by atoms with E-state index in [0.717, 1.165) is 78.8 Å². The average Bonchev–Trinajstić information content (AvgIpc) is 3.58. The highest BCUT2D eigenvalue weighted by Gasteiger charge is 2.33. The first kappa shape index (κ1) is 32.0. The molecule has 0 aromatic heterocycles. The number of ether oxygens (including phenoxy) is 7. The zero-order valence-electron chi connectivity index (χ0n) is 28.6. The minimum atomic E-state index is 0.185. The number of rotatable bonds is 10. The average molecular weight is 653 g/mol. The SMILES string of the molecule is COc1cc2c(cc1OC)[C@H](Cc1ccc(OC)c(Oc3ccc(C[C@@H]4c5cc6c(c(OC)c5CCN4C)OCO6)cc3)c1)N(C)CC2. The summed E-state index contributed by atoms with van der Waals surface area (Å²) in [6, 6.07) is 21.3. The van der Waals surface area contributed by atoms with Crippen LogP contribution in [0.15, 0.2) is 60.7 Å². The summed E-state index contributed by atoms with van der Waals surface area (Å²) in [7, 11) is 11.1. The maximum atomic E-state index is 6.46. The molecule has 0 N–H and O–H groups in total. The lowest BCUT2D eigenvalue weighted by Gasteiger charge is -2.35. The van der Waals surface area contributed by atoms with Gasteiger partial charge in [0, 0.05) is 30.7 Å². The number of nitrogens with zero attached hydrogens (tertiary/aromatic N) is 2. The van der Waals surface area contributed by atoms with E-state index in [1.54, 1.807) is 28.4 Å². The van der Waals surface area contributed by atoms with E-state index in [-0.39, 0.29) is 18.9 Å². The summed E-state index contributed by atoms with van der Waals surface area (Å²) >= 11 is 0. The van der Waals surface area contributed by atoms with Gasteiger partial charge in [-0.25, -0.2) is 0 Å². The number of fused-ring (bicyclic) bond motifs is 3. The van der Waals surface area contributed by atoms with Crippen LogP contribution < -0.4 is 33.2 Å². The first-order valence-electron chi connectivity index (χ1n) is 16.5. The van der Waals surface area contributed by atoms with Gasteiger partial charge in [0.2, 0.25) is 12.5 Å². The zero-order chi connectivity index (χ0) is 33.4. The Kier molecular flexibility index (Phi) is 8.98. The van der Waals surface area contributed by atoms with E-state index in [9.17, 15) is 0 Å². The molecule has 9 nitrogen and oxygen atoms in total. The molecule has 3 heterocycles. The summed E-state index contributed by atoms with van der Waals surface area (Å²) in [6.07, 6.45) is 3.54. The van der Waals surface area contributed by atoms with Gasteiger partial charge in [0.1, 0.15) is 5.75 Å². The van der Waals surface area contributed by atoms with Crippen LogP contribution in [0.2, 0.25) is 0 Å². The fourth-order valence-corrected chi connectivity index (χ4v) is 7.40. The van der Waals surface area contributed by atoms with Gasteiger partial charge in [-0.2, -0.15) is 0 Å². The normalized spacial score (nSPS) is 18.5. The van der Waals surface area contributed by atoms with Crippen molar-refractivity contribution in [2.24, 2.45) is 0 Å². The quantitative estimate of drug-likeness (QED) is 0.184. The monoisotopic (exact) mass is 652 g/mol. The molecule has 0 spiro atoms. The molecule has 4 aromatic rings. The third-order valence-corrected chi connectivity index (χ3v) is 10.1. The molecule has 0 saturated carbocycles. The fourth-order valence-electron chi connectivity index (χ4n) is 7.40. The summed E-state index contributed by atoms with van der Waals surface area (Å²) in [6.45, 7) is 2.13. The summed E-state index contributed by atoms with van der Waals surface area (Å²) in [5, 5.41) is 0. The summed E-state index contributed by atoms with van der Waals surface area (Å²) < 4.78 is 40.7. The molecule has 0 aliphatic carbocycles. The third kappa shape index (κ3) is 5.97. The van der Waals surface area contributed by atoms with E-state index in [1.807, 2.05) is 18.2 Å². The van der Waals surface area contributed by atoms with Crippen LogP contribution in [0.25, 0.3) is 0 Å². The van der Waals surface area contributed by atoms with Crippen LogP contribution in [0, 0.1) is 0 Å². The molecular weight excluding hydrogens is 608 g/mol. The van der Waals surface area contributed by atoms with Gasteiger partial charge >= 0.3 is 0 Å². The van der Waals surface area contributed by atoms with Gasteiger partial charge in [-0.1, -0.05) is 18.2 Å². The summed E-state index contributed by atoms with van der Waals surface area (Å²) in [4.78, 5) is 4.81. The molecule has 3 aliphatic heterocycles. The van der Waals surface area contributed by atoms with Crippen LogP contribution in [-0.4, -0.2) is 72.2 Å². The van der Waals surface area contributed by atoms with Crippen LogP contribution in [-0.2, 0) is 25.7 Å². The smallest absolute Gasteiger partial charge is 0.231 e. The van der Waals surface area contributed by atoms with Crippen LogP contribution in [0.3, 0.4) is 0 Å². The number of likely N-dealkylation sites (N-methyl/N-ethyl adjacent to an activating group) is 2. The minimum Gasteiger partial charge on any atom is -0.493 e. The second-order valence-corrected chi connectivity index (χ2v) is 12.7. The van der Waals surface area contributed by atoms with E-state index in [1.165, 1.54) is 27.8 Å². The van der Waals surface area contributed by atoms with Gasteiger partial charge in [-0.3, -0.25) is 9.80 Å². The highest BCUT2D eigenvalue weighted by Crippen LogP contribution is 2.49. The molecule has 0 fully saturated rings. The van der Waals surface area contributed by atoms with Crippen LogP contribution >= 0.6 is 0 Å². The van der Waals surface area contributed by atoms with Gasteiger partial charge in [-0.15, -0.1) is 0 Å². The molecule has 0 saturated heterocycles. The van der Waals surface area contributed by atoms with Crippen molar-refractivity contribution in [1.82, 2.24) is 9.80 Å². The third-order valence-electron chi connectivity index (χ3n) is 10.1. The highest BCUT2D eigenvalue weighted by atomic mass is 16.7. The molecule has 0 radical (unpaired) electrons. The van der Waals surface area contributed by atoms with Crippen LogP contribution in [0.5, 0.6) is 46.0 Å². The molecular formula is C39H44N2O7. The number of benzene rings is 4. The van der Waals surface area contributed by atoms with Crippen molar-refractivity contribution in [3.63, 3.8) is 0 Å². The first-order valence-corrected chi connectivity index (χ1v) is 16.5. The molecule has 0 amide bonds. The maximum Gasteiger partial charge on any atom is 0.231 e. The zero-order valence-corrected chi connectivity index (χ0v) is 28.6. The lowest BCUT2D eigenvalue weighted by atomic mass is 9.88. The standard InChI is InChI=1S/C39H44N2O7/c1-40-15-13-26-20-34(43-4)35(44-5)21-29(26)31(40)18-25-9-12-33(42-3)36(19-25)48-27-10-7-24(8-11-27)17-32-30-22-37-39(47-23-46-37)38(45-6)28(30)14-16-41(32)2/h7-12,19-22,31-32H,13-18,23H2,1-6H3/t31-,32+/m0/s1. The molecule has 48 heavy (non-hydrogen) atoms. The molecule has 2 atom stereocenters. The molecule has 9 heteroatoms. The maximum absolute atomic E-state index is 6.46. The Morgan fingerprint density at radius 2 is 1.31 bits per heavy atom. The Balaban J connectivity index is 1.10. The van der Waals surface area contributed by atoms with Crippen LogP contribution in [0.4, 0.5) is 0 Å². The van der Waals surface area contributed by atoms with Gasteiger partial charge in [0.05, 0.1) is 28.4 Å². The fraction of sp³-hybridized carbons (Fsp3) is 0.385. The second-order valence-electron chi connectivity index (χ2n) is 12.7. The number of hydrogen-bond donors (Lipinski definition) is 0. The topological polar surface area (TPSA) is 71.1 Å². The lowest BCUT2D eigenvalue weighted by Crippen LogP contribution is -2.33. The van der Waals surface area contributed by atoms with E-state index < -0.39 is 0 Å². The molecule has 7 rings (SSSR count). The molecule has 0 bridgehead atoms. The second kappa shape index (κ2) is 13.5. The van der Waals surface area contributed by atoms with Crippen molar-refractivity contribution < 1.29 is 33.2 Å². The van der Waals surface area contributed by atoms with E-state index >= 15 is 0 Å². The van der Waals surface area contributed by atoms with Crippen molar-refractivity contribution in [3.8, 4) is 46.0 Å². The Morgan fingerprint density at radius 3 is 2.04 bits per heavy atom. The van der Waals surface area contributed by atoms with Gasteiger partial charge in [-0.05, 0) is 110 Å². The van der Waals surface area contributed by atoms with Crippen molar-refractivity contribution in [1.29, 1.82) is 0 Å². The van der Waals surface area contributed by atoms with Crippen molar-refractivity contribution in [2.45, 2.75) is 37.8 Å². The number of hydrogen-bond acceptors (Lipinski definition) is 9. The molecule has 0 unspecified atom stereocenters. The Bertz CT molecular complexity index is 1790. The Morgan fingerprint density at radius 1 is 0.646 bits per heavy atom. The van der Waals surface area contributed by atoms with Gasteiger partial charge in [0.15, 0.2) is 34.5 Å². The van der Waals surface area contributed by atoms with Crippen molar-refractivity contribution >= 4 is 0 Å². The van der Waals surface area contributed by atoms with Crippen molar-refractivity contribution in [3.05, 3.63) is 94.0 Å². The largest absolute Gasteiger partial charge is 0.493 e. The Labute approximate surface area is 282 Å². The predicted octanol–water partition coefficient (Wildman–Crippen LogP) is 6.79. The minimum absolute atomic E-state index is 0.185. The predicted molar refractivity (Wildman–Crippen MR) is 184 cm³/mol. The first-order chi connectivity index (χ1) is 23.4.